The van der Waals surface area contributed by atoms with Crippen LogP contribution in [0.2, 0.25) is 0 Å². The largest absolute Gasteiger partial charge is 0.464 e. The molecular weight excluding hydrogens is 220 g/mol. The molecule has 1 unspecified atom stereocenters. The van der Waals surface area contributed by atoms with Crippen LogP contribution in [0.4, 0.5) is 11.9 Å². The van der Waals surface area contributed by atoms with Crippen LogP contribution >= 0.6 is 0 Å². The second-order valence-corrected chi connectivity index (χ2v) is 3.53. The number of anilines is 2. The lowest BCUT2D eigenvalue weighted by molar-refractivity contribution is 0.312. The number of nitrogens with two attached hydrogens (primary N) is 1. The van der Waals surface area contributed by atoms with E-state index in [0.29, 0.717) is 19.0 Å². The topological polar surface area (TPSA) is 101 Å². The summed E-state index contributed by atoms with van der Waals surface area (Å²) >= 11 is 0. The molecule has 1 atom stereocenters. The summed E-state index contributed by atoms with van der Waals surface area (Å²) < 4.78 is 5.18. The lowest BCUT2D eigenvalue weighted by Gasteiger charge is -2.22. The van der Waals surface area contributed by atoms with Crippen LogP contribution in [0.25, 0.3) is 0 Å². The molecule has 0 saturated heterocycles. The predicted molar refractivity (Wildman–Crippen MR) is 63.5 cm³/mol. The van der Waals surface area contributed by atoms with Gasteiger partial charge in [-0.25, -0.2) is 0 Å². The zero-order valence-corrected chi connectivity index (χ0v) is 10.2. The molecule has 7 heteroatoms. The van der Waals surface area contributed by atoms with E-state index in [9.17, 15) is 0 Å². The Morgan fingerprint density at radius 3 is 2.76 bits per heavy atom. The van der Waals surface area contributed by atoms with Gasteiger partial charge in [-0.1, -0.05) is 0 Å². The molecule has 17 heavy (non-hydrogen) atoms. The van der Waals surface area contributed by atoms with Gasteiger partial charge in [-0.05, 0) is 13.8 Å². The van der Waals surface area contributed by atoms with Crippen LogP contribution in [0.5, 0.6) is 6.01 Å². The van der Waals surface area contributed by atoms with Crippen LogP contribution in [-0.2, 0) is 0 Å². The summed E-state index contributed by atoms with van der Waals surface area (Å²) in [5.41, 5.74) is 5.57. The summed E-state index contributed by atoms with van der Waals surface area (Å²) in [5.74, 6) is 0.512. The maximum absolute atomic E-state index is 8.65. The SMILES string of the molecule is CCOc1nc(N)nc(N(C)C(C)CC#N)n1. The predicted octanol–water partition coefficient (Wildman–Crippen LogP) is 0.591. The molecule has 0 bridgehead atoms. The van der Waals surface area contributed by atoms with Gasteiger partial charge in [-0.15, -0.1) is 0 Å². The molecule has 0 aromatic carbocycles. The first-order valence-electron chi connectivity index (χ1n) is 5.32. The molecule has 1 heterocycles. The Labute approximate surface area is 100 Å². The molecule has 2 N–H and O–H groups in total. The van der Waals surface area contributed by atoms with Gasteiger partial charge < -0.3 is 15.4 Å². The first-order valence-corrected chi connectivity index (χ1v) is 5.32. The number of rotatable bonds is 5. The second-order valence-electron chi connectivity index (χ2n) is 3.53. The van der Waals surface area contributed by atoms with Gasteiger partial charge in [-0.2, -0.15) is 20.2 Å². The molecule has 0 radical (unpaired) electrons. The molecule has 0 aliphatic carbocycles. The van der Waals surface area contributed by atoms with Crippen molar-refractivity contribution in [2.75, 3.05) is 24.3 Å². The summed E-state index contributed by atoms with van der Waals surface area (Å²) in [4.78, 5) is 13.8. The van der Waals surface area contributed by atoms with Crippen LogP contribution in [0, 0.1) is 11.3 Å². The highest BCUT2D eigenvalue weighted by molar-refractivity contribution is 5.36. The molecule has 7 nitrogen and oxygen atoms in total. The van der Waals surface area contributed by atoms with Crippen molar-refractivity contribution < 1.29 is 4.74 Å². The van der Waals surface area contributed by atoms with Crippen LogP contribution in [-0.4, -0.2) is 34.6 Å². The van der Waals surface area contributed by atoms with Gasteiger partial charge >= 0.3 is 6.01 Å². The molecule has 1 aromatic heterocycles. The van der Waals surface area contributed by atoms with E-state index in [4.69, 9.17) is 15.7 Å². The number of hydrogen-bond acceptors (Lipinski definition) is 7. The fourth-order valence-corrected chi connectivity index (χ4v) is 1.18. The molecule has 0 fully saturated rings. The van der Waals surface area contributed by atoms with Crippen molar-refractivity contribution in [1.29, 1.82) is 5.26 Å². The number of nitriles is 1. The Kier molecular flexibility index (Phi) is 4.46. The molecule has 0 spiro atoms. The highest BCUT2D eigenvalue weighted by Crippen LogP contribution is 2.15. The molecule has 0 amide bonds. The van der Waals surface area contributed by atoms with Crippen molar-refractivity contribution in [2.45, 2.75) is 26.3 Å². The summed E-state index contributed by atoms with van der Waals surface area (Å²) in [6.45, 7) is 4.20. The third-order valence-corrected chi connectivity index (χ3v) is 2.26. The number of ether oxygens (including phenoxy) is 1. The molecule has 0 saturated carbocycles. The van der Waals surface area contributed by atoms with E-state index >= 15 is 0 Å². The molecule has 1 aromatic rings. The quantitative estimate of drug-likeness (QED) is 0.798. The van der Waals surface area contributed by atoms with Crippen molar-refractivity contribution in [3.63, 3.8) is 0 Å². The Morgan fingerprint density at radius 1 is 1.47 bits per heavy atom. The maximum Gasteiger partial charge on any atom is 0.323 e. The molecule has 0 aliphatic rings. The van der Waals surface area contributed by atoms with E-state index < -0.39 is 0 Å². The van der Waals surface area contributed by atoms with Gasteiger partial charge in [0.15, 0.2) is 0 Å². The van der Waals surface area contributed by atoms with Gasteiger partial charge in [0.25, 0.3) is 0 Å². The molecule has 92 valence electrons. The van der Waals surface area contributed by atoms with Gasteiger partial charge in [0.05, 0.1) is 19.1 Å². The smallest absolute Gasteiger partial charge is 0.323 e. The lowest BCUT2D eigenvalue weighted by Crippen LogP contribution is -2.30. The Bertz CT molecular complexity index is 416. The zero-order valence-electron chi connectivity index (χ0n) is 10.2. The van der Waals surface area contributed by atoms with Crippen molar-refractivity contribution in [1.82, 2.24) is 15.0 Å². The highest BCUT2D eigenvalue weighted by atomic mass is 16.5. The normalized spacial score (nSPS) is 11.6. The maximum atomic E-state index is 8.65. The van der Waals surface area contributed by atoms with Crippen molar-refractivity contribution in [3.05, 3.63) is 0 Å². The van der Waals surface area contributed by atoms with Gasteiger partial charge in [0.1, 0.15) is 0 Å². The Hall–Kier alpha value is -2.10. The Balaban J connectivity index is 2.93. The van der Waals surface area contributed by atoms with Crippen LogP contribution in [0.15, 0.2) is 0 Å². The minimum absolute atomic E-state index is 0.00345. The number of hydrogen-bond donors (Lipinski definition) is 1. The van der Waals surface area contributed by atoms with Crippen LogP contribution < -0.4 is 15.4 Å². The van der Waals surface area contributed by atoms with Gasteiger partial charge in [0, 0.05) is 13.1 Å². The first kappa shape index (κ1) is 13.0. The van der Waals surface area contributed by atoms with Gasteiger partial charge in [-0.3, -0.25) is 0 Å². The number of nitrogens with zero attached hydrogens (tertiary/aromatic N) is 5. The van der Waals surface area contributed by atoms with E-state index in [1.54, 1.807) is 11.9 Å². The number of nitrogen functional groups attached to an aromatic ring is 1. The highest BCUT2D eigenvalue weighted by Gasteiger charge is 2.14. The van der Waals surface area contributed by atoms with Crippen LogP contribution in [0.3, 0.4) is 0 Å². The first-order chi connectivity index (χ1) is 8.08. The van der Waals surface area contributed by atoms with E-state index in [2.05, 4.69) is 21.0 Å². The van der Waals surface area contributed by atoms with Crippen molar-refractivity contribution in [2.24, 2.45) is 0 Å². The van der Waals surface area contributed by atoms with Gasteiger partial charge in [0.2, 0.25) is 11.9 Å². The standard InChI is InChI=1S/C10H16N6O/c1-4-17-10-14-8(12)13-9(15-10)16(3)7(2)5-6-11/h7H,4-5H2,1-3H3,(H2,12,13,14,15). The fourth-order valence-electron chi connectivity index (χ4n) is 1.18. The number of aromatic nitrogens is 3. The fraction of sp³-hybridized carbons (Fsp3) is 0.600. The summed E-state index contributed by atoms with van der Waals surface area (Å²) in [5, 5.41) is 8.65. The molecular formula is C10H16N6O. The average Bonchev–Trinajstić information content (AvgIpc) is 2.28. The monoisotopic (exact) mass is 236 g/mol. The van der Waals surface area contributed by atoms with E-state index in [1.165, 1.54) is 0 Å². The minimum Gasteiger partial charge on any atom is -0.464 e. The lowest BCUT2D eigenvalue weighted by atomic mass is 10.2. The second kappa shape index (κ2) is 5.84. The summed E-state index contributed by atoms with van der Waals surface area (Å²) in [7, 11) is 1.80. The Morgan fingerprint density at radius 2 is 2.18 bits per heavy atom. The third kappa shape index (κ3) is 3.45. The van der Waals surface area contributed by atoms with E-state index in [-0.39, 0.29) is 18.0 Å². The van der Waals surface area contributed by atoms with Crippen LogP contribution in [0.1, 0.15) is 20.3 Å². The summed E-state index contributed by atoms with van der Waals surface area (Å²) in [6.07, 6.45) is 0.381. The van der Waals surface area contributed by atoms with E-state index in [1.807, 2.05) is 13.8 Å². The molecule has 0 aliphatic heterocycles. The third-order valence-electron chi connectivity index (χ3n) is 2.26. The zero-order chi connectivity index (χ0) is 12.8. The minimum atomic E-state index is -0.00345. The van der Waals surface area contributed by atoms with Crippen molar-refractivity contribution in [3.8, 4) is 12.1 Å². The molecule has 1 rings (SSSR count). The average molecular weight is 236 g/mol. The van der Waals surface area contributed by atoms with Crippen molar-refractivity contribution >= 4 is 11.9 Å². The van der Waals surface area contributed by atoms with E-state index in [0.717, 1.165) is 0 Å². The summed E-state index contributed by atoms with van der Waals surface area (Å²) in [6, 6.07) is 2.29.